The van der Waals surface area contributed by atoms with Crippen LogP contribution in [0.2, 0.25) is 0 Å². The second kappa shape index (κ2) is 9.46. The lowest BCUT2D eigenvalue weighted by molar-refractivity contribution is -0.142. The largest absolute Gasteiger partial charge is 0.466 e. The first kappa shape index (κ1) is 19.3. The van der Waals surface area contributed by atoms with Crippen LogP contribution in [0, 0.1) is 0 Å². The maximum absolute atomic E-state index is 12.2. The van der Waals surface area contributed by atoms with Crippen molar-refractivity contribution in [2.75, 3.05) is 19.4 Å². The Labute approximate surface area is 153 Å². The van der Waals surface area contributed by atoms with E-state index >= 15 is 0 Å². The van der Waals surface area contributed by atoms with E-state index in [0.29, 0.717) is 12.3 Å². The molecule has 0 radical (unpaired) electrons. The van der Waals surface area contributed by atoms with Gasteiger partial charge < -0.3 is 20.1 Å². The summed E-state index contributed by atoms with van der Waals surface area (Å²) in [5.74, 6) is -0.312. The summed E-state index contributed by atoms with van der Waals surface area (Å²) in [5.41, 5.74) is 8.91. The molecule has 0 atom stereocenters. The molecule has 0 aliphatic heterocycles. The van der Waals surface area contributed by atoms with E-state index in [9.17, 15) is 9.59 Å². The van der Waals surface area contributed by atoms with Crippen LogP contribution in [-0.4, -0.2) is 30.6 Å². The average molecular weight is 356 g/mol. The smallest absolute Gasteiger partial charge is 0.410 e. The number of rotatable bonds is 7. The average Bonchev–Trinajstić information content (AvgIpc) is 2.63. The normalized spacial score (nSPS) is 10.2. The van der Waals surface area contributed by atoms with Crippen LogP contribution >= 0.6 is 0 Å². The highest BCUT2D eigenvalue weighted by Gasteiger charge is 2.15. The summed E-state index contributed by atoms with van der Waals surface area (Å²) in [7, 11) is 1.64. The molecule has 2 N–H and O–H groups in total. The van der Waals surface area contributed by atoms with Crippen LogP contribution < -0.4 is 5.73 Å². The van der Waals surface area contributed by atoms with Gasteiger partial charge in [-0.1, -0.05) is 36.4 Å². The number of hydrogen-bond acceptors (Lipinski definition) is 5. The zero-order valence-electron chi connectivity index (χ0n) is 15.1. The molecule has 6 nitrogen and oxygen atoms in total. The van der Waals surface area contributed by atoms with E-state index in [1.807, 2.05) is 30.3 Å². The molecular weight excluding hydrogens is 332 g/mol. The molecule has 0 saturated carbocycles. The van der Waals surface area contributed by atoms with E-state index in [2.05, 4.69) is 0 Å². The molecule has 0 aliphatic rings. The molecule has 0 saturated heterocycles. The Hall–Kier alpha value is -3.02. The van der Waals surface area contributed by atoms with Crippen molar-refractivity contribution in [1.82, 2.24) is 4.90 Å². The fourth-order valence-electron chi connectivity index (χ4n) is 2.48. The molecule has 0 fully saturated rings. The van der Waals surface area contributed by atoms with Crippen molar-refractivity contribution in [3.8, 4) is 0 Å². The van der Waals surface area contributed by atoms with Gasteiger partial charge in [-0.2, -0.15) is 0 Å². The summed E-state index contributed by atoms with van der Waals surface area (Å²) in [6.07, 6.45) is -0.311. The molecule has 6 heteroatoms. The number of amides is 1. The number of nitrogens with two attached hydrogens (primary N) is 1. The van der Waals surface area contributed by atoms with Crippen LogP contribution in [0.1, 0.15) is 23.6 Å². The van der Waals surface area contributed by atoms with Crippen molar-refractivity contribution in [1.29, 1.82) is 0 Å². The first-order valence-electron chi connectivity index (χ1n) is 8.44. The maximum atomic E-state index is 12.2. The van der Waals surface area contributed by atoms with Gasteiger partial charge in [0.05, 0.1) is 13.0 Å². The minimum Gasteiger partial charge on any atom is -0.466 e. The molecule has 2 rings (SSSR count). The molecule has 2 aromatic carbocycles. The number of esters is 1. The molecule has 2 aromatic rings. The SMILES string of the molecule is CCOC(=O)Cc1ccc(N)cc1CN(C)C(=O)OCc1ccccc1. The van der Waals surface area contributed by atoms with Crippen molar-refractivity contribution in [3.63, 3.8) is 0 Å². The van der Waals surface area contributed by atoms with Gasteiger partial charge in [0, 0.05) is 19.3 Å². The number of nitrogens with zero attached hydrogens (tertiary/aromatic N) is 1. The molecule has 0 unspecified atom stereocenters. The molecule has 0 aliphatic carbocycles. The number of anilines is 1. The molecule has 0 heterocycles. The minimum absolute atomic E-state index is 0.135. The number of carbonyl (C=O) groups excluding carboxylic acids is 2. The Bertz CT molecular complexity index is 747. The lowest BCUT2D eigenvalue weighted by Crippen LogP contribution is -2.27. The van der Waals surface area contributed by atoms with Gasteiger partial charge in [0.15, 0.2) is 0 Å². The van der Waals surface area contributed by atoms with Gasteiger partial charge in [-0.25, -0.2) is 4.79 Å². The number of ether oxygens (including phenoxy) is 2. The van der Waals surface area contributed by atoms with Crippen molar-refractivity contribution in [2.24, 2.45) is 0 Å². The Morgan fingerprint density at radius 2 is 1.77 bits per heavy atom. The second-order valence-corrected chi connectivity index (χ2v) is 5.91. The number of carbonyl (C=O) groups is 2. The standard InChI is InChI=1S/C20H24N2O4/c1-3-25-19(23)12-16-9-10-18(21)11-17(16)13-22(2)20(24)26-14-15-7-5-4-6-8-15/h4-11H,3,12-14,21H2,1-2H3. The van der Waals surface area contributed by atoms with Crippen LogP contribution in [0.25, 0.3) is 0 Å². The van der Waals surface area contributed by atoms with Gasteiger partial charge in [-0.05, 0) is 35.7 Å². The molecular formula is C20H24N2O4. The molecule has 0 spiro atoms. The highest BCUT2D eigenvalue weighted by molar-refractivity contribution is 5.73. The fourth-order valence-corrected chi connectivity index (χ4v) is 2.48. The van der Waals surface area contributed by atoms with E-state index in [-0.39, 0.29) is 25.5 Å². The summed E-state index contributed by atoms with van der Waals surface area (Å²) in [4.78, 5) is 25.4. The maximum Gasteiger partial charge on any atom is 0.410 e. The molecule has 1 amide bonds. The van der Waals surface area contributed by atoms with Gasteiger partial charge >= 0.3 is 12.1 Å². The zero-order valence-corrected chi connectivity index (χ0v) is 15.1. The van der Waals surface area contributed by atoms with E-state index in [1.54, 1.807) is 32.2 Å². The van der Waals surface area contributed by atoms with Gasteiger partial charge in [-0.15, -0.1) is 0 Å². The van der Waals surface area contributed by atoms with Crippen molar-refractivity contribution < 1.29 is 19.1 Å². The zero-order chi connectivity index (χ0) is 18.9. The number of nitrogen functional groups attached to an aromatic ring is 1. The van der Waals surface area contributed by atoms with Gasteiger partial charge in [0.2, 0.25) is 0 Å². The summed E-state index contributed by atoms with van der Waals surface area (Å²) in [5, 5.41) is 0. The second-order valence-electron chi connectivity index (χ2n) is 5.91. The van der Waals surface area contributed by atoms with Crippen LogP contribution in [0.4, 0.5) is 10.5 Å². The van der Waals surface area contributed by atoms with E-state index in [0.717, 1.165) is 16.7 Å². The summed E-state index contributed by atoms with van der Waals surface area (Å²) >= 11 is 0. The Morgan fingerprint density at radius 3 is 2.46 bits per heavy atom. The van der Waals surface area contributed by atoms with Crippen molar-refractivity contribution >= 4 is 17.7 Å². The van der Waals surface area contributed by atoms with Gasteiger partial charge in [0.1, 0.15) is 6.61 Å². The monoisotopic (exact) mass is 356 g/mol. The first-order chi connectivity index (χ1) is 12.5. The highest BCUT2D eigenvalue weighted by Crippen LogP contribution is 2.17. The van der Waals surface area contributed by atoms with Crippen LogP contribution in [0.5, 0.6) is 0 Å². The summed E-state index contributed by atoms with van der Waals surface area (Å²) < 4.78 is 10.3. The first-order valence-corrected chi connectivity index (χ1v) is 8.44. The third-order valence-electron chi connectivity index (χ3n) is 3.79. The lowest BCUT2D eigenvalue weighted by Gasteiger charge is -2.19. The van der Waals surface area contributed by atoms with E-state index < -0.39 is 6.09 Å². The third kappa shape index (κ3) is 5.81. The topological polar surface area (TPSA) is 81.9 Å². The quantitative estimate of drug-likeness (QED) is 0.609. The predicted molar refractivity (Wildman–Crippen MR) is 99.3 cm³/mol. The molecule has 0 aromatic heterocycles. The van der Waals surface area contributed by atoms with Gasteiger partial charge in [0.25, 0.3) is 0 Å². The van der Waals surface area contributed by atoms with Crippen LogP contribution in [-0.2, 0) is 33.8 Å². The van der Waals surface area contributed by atoms with E-state index in [1.165, 1.54) is 4.90 Å². The molecule has 0 bridgehead atoms. The Balaban J connectivity index is 2.00. The minimum atomic E-state index is -0.446. The number of benzene rings is 2. The predicted octanol–water partition coefficient (Wildman–Crippen LogP) is 3.14. The van der Waals surface area contributed by atoms with Crippen LogP contribution in [0.15, 0.2) is 48.5 Å². The summed E-state index contributed by atoms with van der Waals surface area (Å²) in [6.45, 7) is 2.58. The highest BCUT2D eigenvalue weighted by atomic mass is 16.6. The Morgan fingerprint density at radius 1 is 1.04 bits per heavy atom. The third-order valence-corrected chi connectivity index (χ3v) is 3.79. The van der Waals surface area contributed by atoms with E-state index in [4.69, 9.17) is 15.2 Å². The number of hydrogen-bond donors (Lipinski definition) is 1. The molecule has 26 heavy (non-hydrogen) atoms. The van der Waals surface area contributed by atoms with Crippen molar-refractivity contribution in [2.45, 2.75) is 26.5 Å². The van der Waals surface area contributed by atoms with Crippen LogP contribution in [0.3, 0.4) is 0 Å². The Kier molecular flexibility index (Phi) is 7.02. The summed E-state index contributed by atoms with van der Waals surface area (Å²) in [6, 6.07) is 14.7. The van der Waals surface area contributed by atoms with Gasteiger partial charge in [-0.3, -0.25) is 4.79 Å². The van der Waals surface area contributed by atoms with Crippen molar-refractivity contribution in [3.05, 3.63) is 65.2 Å². The fraction of sp³-hybridized carbons (Fsp3) is 0.300. The molecule has 138 valence electrons. The lowest BCUT2D eigenvalue weighted by atomic mass is 10.0.